The van der Waals surface area contributed by atoms with Crippen molar-refractivity contribution in [1.82, 2.24) is 0 Å². The van der Waals surface area contributed by atoms with Gasteiger partial charge in [0, 0.05) is 6.04 Å². The molecule has 0 saturated heterocycles. The SMILES string of the molecule is C=CCCCCCCCCCOC(=O)C[Si](C)(C)C. The van der Waals surface area contributed by atoms with E-state index in [1.54, 1.807) is 0 Å². The van der Waals surface area contributed by atoms with Gasteiger partial charge < -0.3 is 4.74 Å². The third-order valence-corrected chi connectivity index (χ3v) is 4.34. The van der Waals surface area contributed by atoms with Gasteiger partial charge in [-0.05, 0) is 19.3 Å². The van der Waals surface area contributed by atoms with Crippen molar-refractivity contribution in [1.29, 1.82) is 0 Å². The van der Waals surface area contributed by atoms with Crippen LogP contribution in [0.3, 0.4) is 0 Å². The van der Waals surface area contributed by atoms with E-state index in [9.17, 15) is 4.79 Å². The maximum Gasteiger partial charge on any atom is 0.303 e. The van der Waals surface area contributed by atoms with Crippen LogP contribution in [0.5, 0.6) is 0 Å². The maximum atomic E-state index is 11.5. The molecule has 0 atom stereocenters. The summed E-state index contributed by atoms with van der Waals surface area (Å²) < 4.78 is 5.26. The van der Waals surface area contributed by atoms with Crippen LogP contribution in [0, 0.1) is 0 Å². The van der Waals surface area contributed by atoms with Crippen molar-refractivity contribution >= 4 is 14.0 Å². The molecule has 0 rings (SSSR count). The summed E-state index contributed by atoms with van der Waals surface area (Å²) in [5.41, 5.74) is 0. The highest BCUT2D eigenvalue weighted by Gasteiger charge is 2.18. The lowest BCUT2D eigenvalue weighted by Crippen LogP contribution is -2.25. The first kappa shape index (κ1) is 18.4. The zero-order chi connectivity index (χ0) is 14.6. The monoisotopic (exact) mass is 284 g/mol. The fourth-order valence-corrected chi connectivity index (χ4v) is 2.91. The number of rotatable bonds is 12. The number of esters is 1. The number of ether oxygens (including phenoxy) is 1. The topological polar surface area (TPSA) is 26.3 Å². The van der Waals surface area contributed by atoms with Crippen molar-refractivity contribution in [2.45, 2.75) is 77.1 Å². The number of carbonyl (C=O) groups is 1. The smallest absolute Gasteiger partial charge is 0.303 e. The lowest BCUT2D eigenvalue weighted by atomic mass is 10.1. The predicted octanol–water partition coefficient (Wildman–Crippen LogP) is 5.17. The number of carbonyl (C=O) groups excluding carboxylic acids is 1. The van der Waals surface area contributed by atoms with Crippen molar-refractivity contribution < 1.29 is 9.53 Å². The van der Waals surface area contributed by atoms with E-state index in [-0.39, 0.29) is 5.97 Å². The molecule has 0 aliphatic rings. The average molecular weight is 285 g/mol. The third-order valence-electron chi connectivity index (χ3n) is 2.99. The fraction of sp³-hybridized carbons (Fsp3) is 0.812. The summed E-state index contributed by atoms with van der Waals surface area (Å²) in [7, 11) is -1.30. The number of unbranched alkanes of at least 4 members (excludes halogenated alkanes) is 7. The molecule has 0 unspecified atom stereocenters. The highest BCUT2D eigenvalue weighted by molar-refractivity contribution is 6.78. The van der Waals surface area contributed by atoms with Gasteiger partial charge in [-0.2, -0.15) is 0 Å². The van der Waals surface area contributed by atoms with Crippen molar-refractivity contribution in [3.8, 4) is 0 Å². The van der Waals surface area contributed by atoms with Crippen LogP contribution in [0.1, 0.15) is 51.4 Å². The second-order valence-corrected chi connectivity index (χ2v) is 12.0. The largest absolute Gasteiger partial charge is 0.466 e. The molecule has 0 N–H and O–H groups in total. The Balaban J connectivity index is 3.23. The van der Waals surface area contributed by atoms with Gasteiger partial charge in [-0.1, -0.05) is 57.8 Å². The summed E-state index contributed by atoms with van der Waals surface area (Å²) in [6, 6.07) is 0.649. The van der Waals surface area contributed by atoms with Crippen LogP contribution in [0.2, 0.25) is 25.7 Å². The molecule has 0 saturated carbocycles. The van der Waals surface area contributed by atoms with E-state index in [0.717, 1.165) is 12.8 Å². The van der Waals surface area contributed by atoms with Gasteiger partial charge in [0.05, 0.1) is 14.7 Å². The fourth-order valence-electron chi connectivity index (χ4n) is 1.94. The Hall–Kier alpha value is -0.573. The Bertz CT molecular complexity index is 244. The Morgan fingerprint density at radius 1 is 1.00 bits per heavy atom. The van der Waals surface area contributed by atoms with E-state index in [1.807, 2.05) is 6.08 Å². The molecular formula is C16H32O2Si. The first-order chi connectivity index (χ1) is 8.95. The lowest BCUT2D eigenvalue weighted by molar-refractivity contribution is -0.141. The van der Waals surface area contributed by atoms with Gasteiger partial charge in [0.2, 0.25) is 0 Å². The standard InChI is InChI=1S/C16H32O2Si/c1-5-6-7-8-9-10-11-12-13-14-18-16(17)15-19(2,3)4/h5H,1,6-15H2,2-4H3. The molecule has 0 aromatic carbocycles. The van der Waals surface area contributed by atoms with Gasteiger partial charge in [-0.25, -0.2) is 0 Å². The number of allylic oxidation sites excluding steroid dienone is 1. The van der Waals surface area contributed by atoms with Crippen LogP contribution >= 0.6 is 0 Å². The molecule has 112 valence electrons. The molecule has 3 heteroatoms. The normalized spacial score (nSPS) is 11.3. The van der Waals surface area contributed by atoms with Gasteiger partial charge in [0.1, 0.15) is 0 Å². The van der Waals surface area contributed by atoms with Gasteiger partial charge in [0.25, 0.3) is 0 Å². The molecular weight excluding hydrogens is 252 g/mol. The number of hydrogen-bond donors (Lipinski definition) is 0. The minimum Gasteiger partial charge on any atom is -0.466 e. The van der Waals surface area contributed by atoms with Crippen LogP contribution < -0.4 is 0 Å². The first-order valence-corrected chi connectivity index (χ1v) is 11.4. The highest BCUT2D eigenvalue weighted by atomic mass is 28.3. The second kappa shape index (κ2) is 11.3. The van der Waals surface area contributed by atoms with E-state index < -0.39 is 8.07 Å². The van der Waals surface area contributed by atoms with Crippen LogP contribution in [0.4, 0.5) is 0 Å². The molecule has 2 nitrogen and oxygen atoms in total. The minimum absolute atomic E-state index is 0.00333. The molecule has 0 spiro atoms. The molecule has 0 heterocycles. The van der Waals surface area contributed by atoms with Gasteiger partial charge in [-0.3, -0.25) is 4.79 Å². The summed E-state index contributed by atoms with van der Waals surface area (Å²) in [6.07, 6.45) is 11.8. The molecule has 0 aromatic rings. The highest BCUT2D eigenvalue weighted by Crippen LogP contribution is 2.11. The van der Waals surface area contributed by atoms with Gasteiger partial charge >= 0.3 is 5.97 Å². The maximum absolute atomic E-state index is 11.5. The summed E-state index contributed by atoms with van der Waals surface area (Å²) >= 11 is 0. The Kier molecular flexibility index (Phi) is 10.9. The summed E-state index contributed by atoms with van der Waals surface area (Å²) in [5, 5.41) is 0. The predicted molar refractivity (Wildman–Crippen MR) is 86.2 cm³/mol. The van der Waals surface area contributed by atoms with Crippen LogP contribution in [-0.2, 0) is 9.53 Å². The lowest BCUT2D eigenvalue weighted by Gasteiger charge is -2.14. The molecule has 0 fully saturated rings. The molecule has 0 amide bonds. The van der Waals surface area contributed by atoms with Crippen LogP contribution in [0.25, 0.3) is 0 Å². The van der Waals surface area contributed by atoms with E-state index >= 15 is 0 Å². The molecule has 0 aliphatic heterocycles. The molecule has 0 bridgehead atoms. The van der Waals surface area contributed by atoms with Gasteiger partial charge in [0.15, 0.2) is 0 Å². The van der Waals surface area contributed by atoms with E-state index in [1.165, 1.54) is 38.5 Å². The quantitative estimate of drug-likeness (QED) is 0.214. The molecule has 19 heavy (non-hydrogen) atoms. The molecule has 0 aromatic heterocycles. The average Bonchev–Trinajstić information content (AvgIpc) is 2.29. The first-order valence-electron chi connectivity index (χ1n) is 7.72. The summed E-state index contributed by atoms with van der Waals surface area (Å²) in [5.74, 6) is 0.00333. The number of hydrogen-bond acceptors (Lipinski definition) is 2. The van der Waals surface area contributed by atoms with Crippen molar-refractivity contribution in [3.05, 3.63) is 12.7 Å². The minimum atomic E-state index is -1.30. The zero-order valence-corrected chi connectivity index (χ0v) is 14.2. The Morgan fingerprint density at radius 3 is 2.05 bits per heavy atom. The van der Waals surface area contributed by atoms with Crippen molar-refractivity contribution in [3.63, 3.8) is 0 Å². The van der Waals surface area contributed by atoms with Crippen LogP contribution in [-0.4, -0.2) is 20.7 Å². The molecule has 0 aliphatic carbocycles. The van der Waals surface area contributed by atoms with Crippen LogP contribution in [0.15, 0.2) is 12.7 Å². The van der Waals surface area contributed by atoms with Crippen molar-refractivity contribution in [2.24, 2.45) is 0 Å². The Morgan fingerprint density at radius 2 is 1.53 bits per heavy atom. The summed E-state index contributed by atoms with van der Waals surface area (Å²) in [6.45, 7) is 10.9. The summed E-state index contributed by atoms with van der Waals surface area (Å²) in [4.78, 5) is 11.5. The van der Waals surface area contributed by atoms with E-state index in [2.05, 4.69) is 26.2 Å². The van der Waals surface area contributed by atoms with Crippen molar-refractivity contribution in [2.75, 3.05) is 6.61 Å². The van der Waals surface area contributed by atoms with E-state index in [0.29, 0.717) is 12.7 Å². The Labute approximate surface area is 120 Å². The van der Waals surface area contributed by atoms with E-state index in [4.69, 9.17) is 4.74 Å². The third kappa shape index (κ3) is 15.4. The zero-order valence-electron chi connectivity index (χ0n) is 13.2. The van der Waals surface area contributed by atoms with Gasteiger partial charge in [-0.15, -0.1) is 6.58 Å². The molecule has 0 radical (unpaired) electrons. The second-order valence-electron chi connectivity index (χ2n) is 6.51.